The van der Waals surface area contributed by atoms with Gasteiger partial charge in [0.05, 0.1) is 30.8 Å². The van der Waals surface area contributed by atoms with Crippen LogP contribution in [0.4, 0.5) is 0 Å². The summed E-state index contributed by atoms with van der Waals surface area (Å²) >= 11 is 0. The molecule has 6 heteroatoms. The highest BCUT2D eigenvalue weighted by Gasteiger charge is 2.14. The highest BCUT2D eigenvalue weighted by molar-refractivity contribution is 5.88. The van der Waals surface area contributed by atoms with Crippen molar-refractivity contribution in [1.29, 1.82) is 0 Å². The molecular formula is C12H13N3O3. The Morgan fingerprint density at radius 1 is 1.44 bits per heavy atom. The number of carbonyl (C=O) groups is 1. The SMILES string of the molecule is Cn1ncc(C(=O)O)c1COCc1ccccn1. The van der Waals surface area contributed by atoms with Crippen molar-refractivity contribution >= 4 is 5.97 Å². The van der Waals surface area contributed by atoms with Crippen molar-refractivity contribution in [1.82, 2.24) is 14.8 Å². The molecule has 0 unspecified atom stereocenters. The molecule has 2 aromatic heterocycles. The van der Waals surface area contributed by atoms with E-state index in [4.69, 9.17) is 9.84 Å². The Balaban J connectivity index is 1.98. The van der Waals surface area contributed by atoms with Gasteiger partial charge in [-0.2, -0.15) is 5.10 Å². The predicted octanol–water partition coefficient (Wildman–Crippen LogP) is 1.23. The van der Waals surface area contributed by atoms with Crippen molar-refractivity contribution in [2.24, 2.45) is 7.05 Å². The minimum atomic E-state index is -1.00. The topological polar surface area (TPSA) is 77.2 Å². The average molecular weight is 247 g/mol. The molecular weight excluding hydrogens is 234 g/mol. The average Bonchev–Trinajstić information content (AvgIpc) is 2.73. The van der Waals surface area contributed by atoms with Crippen molar-refractivity contribution in [2.45, 2.75) is 13.2 Å². The summed E-state index contributed by atoms with van der Waals surface area (Å²) in [6.45, 7) is 0.528. The minimum Gasteiger partial charge on any atom is -0.478 e. The van der Waals surface area contributed by atoms with E-state index in [9.17, 15) is 4.79 Å². The smallest absolute Gasteiger partial charge is 0.339 e. The number of ether oxygens (including phenoxy) is 1. The number of aromatic carboxylic acids is 1. The summed E-state index contributed by atoms with van der Waals surface area (Å²) in [6.07, 6.45) is 3.01. The number of aryl methyl sites for hydroxylation is 1. The van der Waals surface area contributed by atoms with E-state index in [-0.39, 0.29) is 12.2 Å². The third-order valence-electron chi connectivity index (χ3n) is 2.51. The van der Waals surface area contributed by atoms with Gasteiger partial charge in [0.25, 0.3) is 0 Å². The summed E-state index contributed by atoms with van der Waals surface area (Å²) in [5, 5.41) is 12.9. The zero-order chi connectivity index (χ0) is 13.0. The lowest BCUT2D eigenvalue weighted by molar-refractivity contribution is 0.0680. The first-order chi connectivity index (χ1) is 8.68. The fourth-order valence-electron chi connectivity index (χ4n) is 1.55. The van der Waals surface area contributed by atoms with Gasteiger partial charge in [-0.05, 0) is 12.1 Å². The van der Waals surface area contributed by atoms with Gasteiger partial charge in [-0.1, -0.05) is 6.07 Å². The van der Waals surface area contributed by atoms with Crippen molar-refractivity contribution in [3.63, 3.8) is 0 Å². The summed E-state index contributed by atoms with van der Waals surface area (Å²) in [4.78, 5) is 15.1. The molecule has 6 nitrogen and oxygen atoms in total. The lowest BCUT2D eigenvalue weighted by Gasteiger charge is -2.05. The van der Waals surface area contributed by atoms with Crippen LogP contribution in [0.15, 0.2) is 30.6 Å². The van der Waals surface area contributed by atoms with Crippen molar-refractivity contribution < 1.29 is 14.6 Å². The largest absolute Gasteiger partial charge is 0.478 e. The number of hydrogen-bond donors (Lipinski definition) is 1. The van der Waals surface area contributed by atoms with Gasteiger partial charge < -0.3 is 9.84 Å². The van der Waals surface area contributed by atoms with Gasteiger partial charge in [-0.15, -0.1) is 0 Å². The molecule has 0 atom stereocenters. The second-order valence-electron chi connectivity index (χ2n) is 3.75. The molecule has 94 valence electrons. The van der Waals surface area contributed by atoms with Crippen LogP contribution < -0.4 is 0 Å². The highest BCUT2D eigenvalue weighted by atomic mass is 16.5. The molecule has 2 heterocycles. The third-order valence-corrected chi connectivity index (χ3v) is 2.51. The molecule has 18 heavy (non-hydrogen) atoms. The Labute approximate surface area is 104 Å². The van der Waals surface area contributed by atoms with Gasteiger partial charge in [0.2, 0.25) is 0 Å². The molecule has 0 spiro atoms. The van der Waals surface area contributed by atoms with E-state index in [1.54, 1.807) is 13.2 Å². The standard InChI is InChI=1S/C12H13N3O3/c1-15-11(10(6-14-15)12(16)17)8-18-7-9-4-2-3-5-13-9/h2-6H,7-8H2,1H3,(H,16,17). The molecule has 0 fully saturated rings. The maximum absolute atomic E-state index is 10.9. The number of rotatable bonds is 5. The number of nitrogens with zero attached hydrogens (tertiary/aromatic N) is 3. The number of carboxylic acid groups (broad SMARTS) is 1. The number of carboxylic acids is 1. The Kier molecular flexibility index (Phi) is 3.69. The zero-order valence-electron chi connectivity index (χ0n) is 9.91. The van der Waals surface area contributed by atoms with Gasteiger partial charge in [0.1, 0.15) is 5.56 Å². The van der Waals surface area contributed by atoms with E-state index >= 15 is 0 Å². The van der Waals surface area contributed by atoms with Crippen LogP contribution in [0, 0.1) is 0 Å². The van der Waals surface area contributed by atoms with Crippen LogP contribution in [0.3, 0.4) is 0 Å². The summed E-state index contributed by atoms with van der Waals surface area (Å²) in [5.74, 6) is -1.00. The van der Waals surface area contributed by atoms with E-state index in [1.807, 2.05) is 18.2 Å². The van der Waals surface area contributed by atoms with Gasteiger partial charge in [0, 0.05) is 13.2 Å². The molecule has 1 N–H and O–H groups in total. The van der Waals surface area contributed by atoms with E-state index < -0.39 is 5.97 Å². The molecule has 0 aliphatic carbocycles. The van der Waals surface area contributed by atoms with Crippen LogP contribution in [-0.4, -0.2) is 25.8 Å². The molecule has 2 aromatic rings. The van der Waals surface area contributed by atoms with Crippen LogP contribution in [0.5, 0.6) is 0 Å². The Hall–Kier alpha value is -2.21. The fourth-order valence-corrected chi connectivity index (χ4v) is 1.55. The van der Waals surface area contributed by atoms with Crippen LogP contribution in [0.1, 0.15) is 21.7 Å². The second-order valence-corrected chi connectivity index (χ2v) is 3.75. The Morgan fingerprint density at radius 2 is 2.28 bits per heavy atom. The first kappa shape index (κ1) is 12.3. The minimum absolute atomic E-state index is 0.165. The Morgan fingerprint density at radius 3 is 2.94 bits per heavy atom. The normalized spacial score (nSPS) is 10.5. The summed E-state index contributed by atoms with van der Waals surface area (Å²) in [7, 11) is 1.69. The lowest BCUT2D eigenvalue weighted by atomic mass is 10.2. The Bertz CT molecular complexity index is 537. The van der Waals surface area contributed by atoms with Crippen molar-refractivity contribution in [2.75, 3.05) is 0 Å². The summed E-state index contributed by atoms with van der Waals surface area (Å²) < 4.78 is 6.95. The highest BCUT2D eigenvalue weighted by Crippen LogP contribution is 2.10. The molecule has 0 amide bonds. The molecule has 0 aromatic carbocycles. The van der Waals surface area contributed by atoms with Gasteiger partial charge in [-0.25, -0.2) is 4.79 Å². The third kappa shape index (κ3) is 2.72. The lowest BCUT2D eigenvalue weighted by Crippen LogP contribution is -2.07. The quantitative estimate of drug-likeness (QED) is 0.859. The molecule has 0 radical (unpaired) electrons. The summed E-state index contributed by atoms with van der Waals surface area (Å²) in [5.41, 5.74) is 1.51. The van der Waals surface area contributed by atoms with E-state index in [0.717, 1.165) is 5.69 Å². The van der Waals surface area contributed by atoms with Gasteiger partial charge >= 0.3 is 5.97 Å². The molecule has 0 aliphatic rings. The number of hydrogen-bond acceptors (Lipinski definition) is 4. The maximum Gasteiger partial charge on any atom is 0.339 e. The van der Waals surface area contributed by atoms with Gasteiger partial charge in [0.15, 0.2) is 0 Å². The van der Waals surface area contributed by atoms with Crippen molar-refractivity contribution in [3.8, 4) is 0 Å². The monoisotopic (exact) mass is 247 g/mol. The molecule has 0 bridgehead atoms. The van der Waals surface area contributed by atoms with Crippen LogP contribution in [0.25, 0.3) is 0 Å². The van der Waals surface area contributed by atoms with Crippen LogP contribution in [-0.2, 0) is 25.0 Å². The molecule has 0 saturated heterocycles. The zero-order valence-corrected chi connectivity index (χ0v) is 9.91. The van der Waals surface area contributed by atoms with Crippen molar-refractivity contribution in [3.05, 3.63) is 47.5 Å². The number of aromatic nitrogens is 3. The maximum atomic E-state index is 10.9. The van der Waals surface area contributed by atoms with E-state index in [0.29, 0.717) is 12.3 Å². The molecule has 2 rings (SSSR count). The fraction of sp³-hybridized carbons (Fsp3) is 0.250. The van der Waals surface area contributed by atoms with Crippen LogP contribution in [0.2, 0.25) is 0 Å². The predicted molar refractivity (Wildman–Crippen MR) is 62.9 cm³/mol. The van der Waals surface area contributed by atoms with E-state index in [1.165, 1.54) is 10.9 Å². The first-order valence-electron chi connectivity index (χ1n) is 5.40. The molecule has 0 saturated carbocycles. The molecule has 0 aliphatic heterocycles. The first-order valence-corrected chi connectivity index (χ1v) is 5.40. The van der Waals surface area contributed by atoms with Gasteiger partial charge in [-0.3, -0.25) is 9.67 Å². The van der Waals surface area contributed by atoms with Crippen LogP contribution >= 0.6 is 0 Å². The second kappa shape index (κ2) is 5.42. The summed E-state index contributed by atoms with van der Waals surface area (Å²) in [6, 6.07) is 5.55. The van der Waals surface area contributed by atoms with E-state index in [2.05, 4.69) is 10.1 Å². The number of pyridine rings is 1.